The van der Waals surface area contributed by atoms with Crippen molar-refractivity contribution in [1.29, 1.82) is 0 Å². The minimum atomic E-state index is -1.01. The average molecular weight is 461 g/mol. The maximum absolute atomic E-state index is 10.8. The zero-order valence-electron chi connectivity index (χ0n) is 6.66. The lowest BCUT2D eigenvalue weighted by Gasteiger charge is -2.21. The lowest BCUT2D eigenvalue weighted by molar-refractivity contribution is -0.136. The van der Waals surface area contributed by atoms with E-state index < -0.39 is 31.2 Å². The molecule has 0 spiro atoms. The van der Waals surface area contributed by atoms with Crippen molar-refractivity contribution in [2.24, 2.45) is 5.73 Å². The molecule has 0 rings (SSSR count). The average Bonchev–Trinajstić information content (AvgIpc) is 2.12. The first-order valence-corrected chi connectivity index (χ1v) is 7.03. The van der Waals surface area contributed by atoms with Crippen molar-refractivity contribution in [3.05, 3.63) is 0 Å². The highest BCUT2D eigenvalue weighted by atomic mass is 79.9. The molecular formula is C6H7Br4NO3. The van der Waals surface area contributed by atoms with E-state index in [-0.39, 0.29) is 0 Å². The molecule has 4 unspecified atom stereocenters. The number of hydrogen-bond donors (Lipinski definition) is 2. The van der Waals surface area contributed by atoms with Gasteiger partial charge in [0.2, 0.25) is 5.91 Å². The van der Waals surface area contributed by atoms with E-state index in [4.69, 9.17) is 10.8 Å². The number of hydrogen-bond acceptors (Lipinski definition) is 2. The Hall–Kier alpha value is 0.860. The monoisotopic (exact) mass is 457 g/mol. The Morgan fingerprint density at radius 2 is 1.36 bits per heavy atom. The first kappa shape index (κ1) is 14.9. The molecular weight excluding hydrogens is 454 g/mol. The summed E-state index contributed by atoms with van der Waals surface area (Å²) in [5.41, 5.74) is 5.05. The molecule has 0 aliphatic carbocycles. The summed E-state index contributed by atoms with van der Waals surface area (Å²) in [6, 6.07) is 0. The summed E-state index contributed by atoms with van der Waals surface area (Å²) in [5, 5.41) is 8.69. The van der Waals surface area contributed by atoms with Gasteiger partial charge in [-0.3, -0.25) is 9.59 Å². The Labute approximate surface area is 114 Å². The molecule has 0 bridgehead atoms. The van der Waals surface area contributed by atoms with Crippen molar-refractivity contribution < 1.29 is 14.7 Å². The number of carboxylic acid groups (broad SMARTS) is 1. The van der Waals surface area contributed by atoms with Gasteiger partial charge in [-0.1, -0.05) is 63.7 Å². The van der Waals surface area contributed by atoms with Gasteiger partial charge in [-0.15, -0.1) is 0 Å². The lowest BCUT2D eigenvalue weighted by Crippen LogP contribution is -2.41. The summed E-state index contributed by atoms with van der Waals surface area (Å²) in [7, 11) is 0. The van der Waals surface area contributed by atoms with Crippen LogP contribution in [-0.2, 0) is 9.59 Å². The minimum absolute atomic E-state index is 0.416. The Bertz CT molecular complexity index is 213. The van der Waals surface area contributed by atoms with Crippen LogP contribution >= 0.6 is 63.7 Å². The second-order valence-electron chi connectivity index (χ2n) is 2.43. The number of rotatable bonds is 5. The number of nitrogens with two attached hydrogens (primary N) is 1. The van der Waals surface area contributed by atoms with Crippen LogP contribution in [0.5, 0.6) is 0 Å². The quantitative estimate of drug-likeness (QED) is 0.612. The van der Waals surface area contributed by atoms with E-state index in [1.54, 1.807) is 0 Å². The predicted octanol–water partition coefficient (Wildman–Crippen LogP) is 1.61. The van der Waals surface area contributed by atoms with Gasteiger partial charge in [0, 0.05) is 0 Å². The summed E-state index contributed by atoms with van der Waals surface area (Å²) < 4.78 is 0. The van der Waals surface area contributed by atoms with E-state index in [1.165, 1.54) is 0 Å². The van der Waals surface area contributed by atoms with Crippen molar-refractivity contribution in [3.8, 4) is 0 Å². The summed E-state index contributed by atoms with van der Waals surface area (Å²) in [6.45, 7) is 0. The van der Waals surface area contributed by atoms with Gasteiger partial charge in [0.15, 0.2) is 0 Å². The molecule has 1 amide bonds. The van der Waals surface area contributed by atoms with Gasteiger partial charge in [0.05, 0.1) is 9.65 Å². The number of primary amides is 1. The largest absolute Gasteiger partial charge is 0.480 e. The zero-order valence-corrected chi connectivity index (χ0v) is 13.0. The van der Waals surface area contributed by atoms with Crippen molar-refractivity contribution >= 4 is 75.6 Å². The number of carbonyl (C=O) groups excluding carboxylic acids is 1. The Morgan fingerprint density at radius 3 is 1.64 bits per heavy atom. The number of amides is 1. The molecule has 0 aliphatic rings. The molecule has 0 radical (unpaired) electrons. The SMILES string of the molecule is NC(=O)C(Br)C(Br)C(Br)C(Br)C(=O)O. The normalized spacial score (nSPS) is 19.4. The molecule has 14 heavy (non-hydrogen) atoms. The molecule has 3 N–H and O–H groups in total. The van der Waals surface area contributed by atoms with Gasteiger partial charge in [0.1, 0.15) is 9.65 Å². The molecule has 82 valence electrons. The molecule has 8 heteroatoms. The number of alkyl halides is 4. The molecule has 0 saturated heterocycles. The highest BCUT2D eigenvalue weighted by molar-refractivity contribution is 9.14. The molecule has 4 atom stereocenters. The second kappa shape index (κ2) is 6.44. The number of halogens is 4. The fourth-order valence-corrected chi connectivity index (χ4v) is 3.19. The molecule has 0 heterocycles. The molecule has 0 fully saturated rings. The minimum Gasteiger partial charge on any atom is -0.480 e. The first-order valence-electron chi connectivity index (χ1n) is 3.37. The van der Waals surface area contributed by atoms with Crippen LogP contribution in [0.4, 0.5) is 0 Å². The third-order valence-electron chi connectivity index (χ3n) is 1.37. The molecule has 0 aliphatic heterocycles. The van der Waals surface area contributed by atoms with Crippen LogP contribution in [0.3, 0.4) is 0 Å². The molecule has 0 aromatic carbocycles. The van der Waals surface area contributed by atoms with E-state index in [9.17, 15) is 9.59 Å². The highest BCUT2D eigenvalue weighted by Crippen LogP contribution is 2.28. The molecule has 0 aromatic heterocycles. The van der Waals surface area contributed by atoms with E-state index in [0.29, 0.717) is 0 Å². The van der Waals surface area contributed by atoms with Gasteiger partial charge in [-0.05, 0) is 0 Å². The predicted molar refractivity (Wildman–Crippen MR) is 67.7 cm³/mol. The fourth-order valence-electron chi connectivity index (χ4n) is 0.616. The second-order valence-corrected chi connectivity index (χ2v) is 6.52. The van der Waals surface area contributed by atoms with Crippen LogP contribution in [0.15, 0.2) is 0 Å². The van der Waals surface area contributed by atoms with Crippen LogP contribution < -0.4 is 5.73 Å². The van der Waals surface area contributed by atoms with Crippen LogP contribution in [0.2, 0.25) is 0 Å². The zero-order chi connectivity index (χ0) is 11.5. The van der Waals surface area contributed by atoms with Crippen molar-refractivity contribution in [3.63, 3.8) is 0 Å². The summed E-state index contributed by atoms with van der Waals surface area (Å²) in [4.78, 5) is 19.1. The standard InChI is InChI=1S/C6H7Br4NO3/c7-1(3(9)5(11)12)2(8)4(10)6(13)14/h1-4H,(H2,11,12)(H,13,14). The van der Waals surface area contributed by atoms with E-state index in [0.717, 1.165) is 0 Å². The highest BCUT2D eigenvalue weighted by Gasteiger charge is 2.35. The smallest absolute Gasteiger partial charge is 0.318 e. The van der Waals surface area contributed by atoms with Crippen LogP contribution in [0.1, 0.15) is 0 Å². The number of aliphatic carboxylic acids is 1. The number of carbonyl (C=O) groups is 2. The summed E-state index contributed by atoms with van der Waals surface area (Å²) in [6.07, 6.45) is 0. The van der Waals surface area contributed by atoms with E-state index in [1.807, 2.05) is 0 Å². The molecule has 0 aromatic rings. The van der Waals surface area contributed by atoms with Crippen LogP contribution in [0, 0.1) is 0 Å². The van der Waals surface area contributed by atoms with Gasteiger partial charge >= 0.3 is 5.97 Å². The molecule has 0 saturated carbocycles. The first-order chi connectivity index (χ1) is 6.29. The maximum atomic E-state index is 10.8. The van der Waals surface area contributed by atoms with Gasteiger partial charge in [-0.25, -0.2) is 0 Å². The van der Waals surface area contributed by atoms with Crippen LogP contribution in [0.25, 0.3) is 0 Å². The third-order valence-corrected chi connectivity index (χ3v) is 7.68. The van der Waals surface area contributed by atoms with Gasteiger partial charge in [0.25, 0.3) is 0 Å². The van der Waals surface area contributed by atoms with Gasteiger partial charge in [-0.2, -0.15) is 0 Å². The fraction of sp³-hybridized carbons (Fsp3) is 0.667. The lowest BCUT2D eigenvalue weighted by atomic mass is 10.2. The summed E-state index contributed by atoms with van der Waals surface area (Å²) >= 11 is 12.4. The third kappa shape index (κ3) is 4.16. The van der Waals surface area contributed by atoms with E-state index in [2.05, 4.69) is 63.7 Å². The van der Waals surface area contributed by atoms with Crippen LogP contribution in [-0.4, -0.2) is 36.3 Å². The van der Waals surface area contributed by atoms with Gasteiger partial charge < -0.3 is 10.8 Å². The van der Waals surface area contributed by atoms with E-state index >= 15 is 0 Å². The Balaban J connectivity index is 4.45. The Kier molecular flexibility index (Phi) is 6.84. The van der Waals surface area contributed by atoms with Crippen molar-refractivity contribution in [2.75, 3.05) is 0 Å². The Morgan fingerprint density at radius 1 is 1.00 bits per heavy atom. The number of carboxylic acids is 1. The summed E-state index contributed by atoms with van der Waals surface area (Å²) in [5.74, 6) is -1.57. The van der Waals surface area contributed by atoms with Crippen molar-refractivity contribution in [1.82, 2.24) is 0 Å². The maximum Gasteiger partial charge on any atom is 0.318 e. The molecule has 4 nitrogen and oxygen atoms in total. The topological polar surface area (TPSA) is 80.4 Å². The van der Waals surface area contributed by atoms with Crippen molar-refractivity contribution in [2.45, 2.75) is 19.3 Å².